The predicted molar refractivity (Wildman–Crippen MR) is 85.6 cm³/mol. The van der Waals surface area contributed by atoms with Crippen molar-refractivity contribution in [2.24, 2.45) is 0 Å². The van der Waals surface area contributed by atoms with Gasteiger partial charge in [-0.05, 0) is 30.2 Å². The van der Waals surface area contributed by atoms with E-state index in [-0.39, 0.29) is 0 Å². The number of aryl methyl sites for hydroxylation is 1. The number of hydrogen-bond donors (Lipinski definition) is 0. The van der Waals surface area contributed by atoms with Crippen LogP contribution in [0.2, 0.25) is 0 Å². The molecular formula is C17H15BrN2. The minimum atomic E-state index is 0.783. The van der Waals surface area contributed by atoms with Crippen LogP contribution in [0.15, 0.2) is 65.4 Å². The third kappa shape index (κ3) is 2.99. The average molecular weight is 327 g/mol. The predicted octanol–water partition coefficient (Wildman–Crippen LogP) is 4.67. The van der Waals surface area contributed by atoms with E-state index in [0.29, 0.717) is 0 Å². The lowest BCUT2D eigenvalue weighted by molar-refractivity contribution is 0.687. The zero-order valence-electron chi connectivity index (χ0n) is 11.3. The van der Waals surface area contributed by atoms with Crippen LogP contribution in [0.3, 0.4) is 0 Å². The monoisotopic (exact) mass is 326 g/mol. The van der Waals surface area contributed by atoms with Crippen LogP contribution < -0.4 is 0 Å². The smallest absolute Gasteiger partial charge is 0.0660 e. The molecular weight excluding hydrogens is 312 g/mol. The molecule has 0 saturated heterocycles. The van der Waals surface area contributed by atoms with Crippen molar-refractivity contribution >= 4 is 15.9 Å². The second-order valence-corrected chi connectivity index (χ2v) is 5.84. The van der Waals surface area contributed by atoms with Crippen molar-refractivity contribution in [2.75, 3.05) is 0 Å². The molecule has 20 heavy (non-hydrogen) atoms. The normalized spacial score (nSPS) is 10.7. The maximum absolute atomic E-state index is 4.44. The molecule has 3 heteroatoms. The van der Waals surface area contributed by atoms with Gasteiger partial charge >= 0.3 is 0 Å². The van der Waals surface area contributed by atoms with Gasteiger partial charge in [-0.1, -0.05) is 57.9 Å². The molecule has 0 bridgehead atoms. The summed E-state index contributed by atoms with van der Waals surface area (Å²) in [7, 11) is 0. The molecule has 0 fully saturated rings. The summed E-state index contributed by atoms with van der Waals surface area (Å²) in [6, 6.07) is 16.8. The van der Waals surface area contributed by atoms with Gasteiger partial charge in [0.25, 0.3) is 0 Å². The summed E-state index contributed by atoms with van der Waals surface area (Å²) >= 11 is 3.49. The average Bonchev–Trinajstić information content (AvgIpc) is 2.88. The van der Waals surface area contributed by atoms with E-state index < -0.39 is 0 Å². The third-order valence-corrected chi connectivity index (χ3v) is 3.74. The zero-order valence-corrected chi connectivity index (χ0v) is 12.8. The number of aromatic nitrogens is 2. The van der Waals surface area contributed by atoms with E-state index in [2.05, 4.69) is 70.5 Å². The lowest BCUT2D eigenvalue weighted by Gasteiger charge is -2.02. The van der Waals surface area contributed by atoms with Crippen LogP contribution in [0, 0.1) is 6.92 Å². The molecule has 0 saturated carbocycles. The molecule has 0 unspecified atom stereocenters. The molecule has 100 valence electrons. The Balaban J connectivity index is 1.82. The van der Waals surface area contributed by atoms with Gasteiger partial charge in [0.2, 0.25) is 0 Å². The van der Waals surface area contributed by atoms with Crippen LogP contribution in [0.1, 0.15) is 11.1 Å². The van der Waals surface area contributed by atoms with Gasteiger partial charge in [0, 0.05) is 16.2 Å². The first-order valence-electron chi connectivity index (χ1n) is 6.55. The quantitative estimate of drug-likeness (QED) is 0.683. The number of benzene rings is 2. The van der Waals surface area contributed by atoms with Gasteiger partial charge in [0.15, 0.2) is 0 Å². The summed E-state index contributed by atoms with van der Waals surface area (Å²) in [6.07, 6.45) is 4.01. The Bertz CT molecular complexity index is 714. The molecule has 0 amide bonds. The van der Waals surface area contributed by atoms with Crippen molar-refractivity contribution in [1.29, 1.82) is 0 Å². The molecule has 0 aliphatic heterocycles. The van der Waals surface area contributed by atoms with Crippen LogP contribution in [-0.2, 0) is 6.54 Å². The second-order valence-electron chi connectivity index (χ2n) is 4.92. The van der Waals surface area contributed by atoms with Crippen molar-refractivity contribution in [1.82, 2.24) is 9.78 Å². The molecule has 3 aromatic rings. The van der Waals surface area contributed by atoms with Crippen LogP contribution in [0.5, 0.6) is 0 Å². The summed E-state index contributed by atoms with van der Waals surface area (Å²) in [6.45, 7) is 2.88. The summed E-state index contributed by atoms with van der Waals surface area (Å²) in [5.41, 5.74) is 4.87. The van der Waals surface area contributed by atoms with Gasteiger partial charge in [-0.3, -0.25) is 4.68 Å². The van der Waals surface area contributed by atoms with E-state index in [9.17, 15) is 0 Å². The Morgan fingerprint density at radius 3 is 2.60 bits per heavy atom. The van der Waals surface area contributed by atoms with Gasteiger partial charge in [-0.2, -0.15) is 5.10 Å². The highest BCUT2D eigenvalue weighted by atomic mass is 79.9. The first-order valence-corrected chi connectivity index (χ1v) is 7.34. The summed E-state index contributed by atoms with van der Waals surface area (Å²) in [5, 5.41) is 4.44. The molecule has 0 radical (unpaired) electrons. The van der Waals surface area contributed by atoms with Gasteiger partial charge in [0.05, 0.1) is 12.7 Å². The fraction of sp³-hybridized carbons (Fsp3) is 0.118. The van der Waals surface area contributed by atoms with E-state index in [1.54, 1.807) is 0 Å². The van der Waals surface area contributed by atoms with E-state index in [1.165, 1.54) is 16.7 Å². The van der Waals surface area contributed by atoms with Crippen molar-refractivity contribution in [3.63, 3.8) is 0 Å². The molecule has 0 spiro atoms. The molecule has 0 aliphatic rings. The van der Waals surface area contributed by atoms with Gasteiger partial charge in [-0.15, -0.1) is 0 Å². The number of hydrogen-bond acceptors (Lipinski definition) is 1. The first-order chi connectivity index (χ1) is 9.70. The number of nitrogens with zero attached hydrogens (tertiary/aromatic N) is 2. The topological polar surface area (TPSA) is 17.8 Å². The molecule has 0 N–H and O–H groups in total. The zero-order chi connectivity index (χ0) is 13.9. The number of halogens is 1. The minimum absolute atomic E-state index is 0.783. The molecule has 3 rings (SSSR count). The minimum Gasteiger partial charge on any atom is -0.268 e. The fourth-order valence-corrected chi connectivity index (χ4v) is 2.61. The van der Waals surface area contributed by atoms with Gasteiger partial charge < -0.3 is 0 Å². The lowest BCUT2D eigenvalue weighted by atomic mass is 10.1. The maximum Gasteiger partial charge on any atom is 0.0660 e. The highest BCUT2D eigenvalue weighted by Gasteiger charge is 2.02. The van der Waals surface area contributed by atoms with Crippen molar-refractivity contribution in [3.05, 3.63) is 76.5 Å². The largest absolute Gasteiger partial charge is 0.268 e. The van der Waals surface area contributed by atoms with Crippen molar-refractivity contribution in [3.8, 4) is 11.1 Å². The van der Waals surface area contributed by atoms with Crippen LogP contribution in [0.4, 0.5) is 0 Å². The molecule has 2 aromatic carbocycles. The Labute approximate surface area is 127 Å². The van der Waals surface area contributed by atoms with E-state index in [4.69, 9.17) is 0 Å². The highest BCUT2D eigenvalue weighted by Crippen LogP contribution is 2.19. The maximum atomic E-state index is 4.44. The van der Waals surface area contributed by atoms with Crippen LogP contribution in [-0.4, -0.2) is 9.78 Å². The van der Waals surface area contributed by atoms with Gasteiger partial charge in [-0.25, -0.2) is 0 Å². The molecule has 1 heterocycles. The highest BCUT2D eigenvalue weighted by molar-refractivity contribution is 9.10. The molecule has 0 atom stereocenters. The van der Waals surface area contributed by atoms with Crippen LogP contribution in [0.25, 0.3) is 11.1 Å². The Hall–Kier alpha value is -1.87. The number of rotatable bonds is 3. The lowest BCUT2D eigenvalue weighted by Crippen LogP contribution is -1.99. The molecule has 1 aromatic heterocycles. The SMILES string of the molecule is Cc1ccc(-c2cnn(Cc3cccc(Br)c3)c2)cc1. The van der Waals surface area contributed by atoms with E-state index >= 15 is 0 Å². The fourth-order valence-electron chi connectivity index (χ4n) is 2.17. The Morgan fingerprint density at radius 2 is 1.85 bits per heavy atom. The van der Waals surface area contributed by atoms with Crippen molar-refractivity contribution < 1.29 is 0 Å². The summed E-state index contributed by atoms with van der Waals surface area (Å²) < 4.78 is 3.07. The Kier molecular flexibility index (Phi) is 3.70. The summed E-state index contributed by atoms with van der Waals surface area (Å²) in [4.78, 5) is 0. The standard InChI is InChI=1S/C17H15BrN2/c1-13-5-7-15(8-6-13)16-10-19-20(12-16)11-14-3-2-4-17(18)9-14/h2-10,12H,11H2,1H3. The molecule has 2 nitrogen and oxygen atoms in total. The van der Waals surface area contributed by atoms with E-state index in [0.717, 1.165) is 16.6 Å². The van der Waals surface area contributed by atoms with Crippen molar-refractivity contribution in [2.45, 2.75) is 13.5 Å². The summed E-state index contributed by atoms with van der Waals surface area (Å²) in [5.74, 6) is 0. The molecule has 0 aliphatic carbocycles. The third-order valence-electron chi connectivity index (χ3n) is 3.25. The second kappa shape index (κ2) is 5.63. The van der Waals surface area contributed by atoms with Gasteiger partial charge in [0.1, 0.15) is 0 Å². The Morgan fingerprint density at radius 1 is 1.05 bits per heavy atom. The van der Waals surface area contributed by atoms with E-state index in [1.807, 2.05) is 23.0 Å². The van der Waals surface area contributed by atoms with Crippen LogP contribution >= 0.6 is 15.9 Å². The first kappa shape index (κ1) is 13.1.